The molecule has 7 heteroatoms. The quantitative estimate of drug-likeness (QED) is 0.626. The van der Waals surface area contributed by atoms with E-state index in [1.54, 1.807) is 25.1 Å². The maximum atomic E-state index is 11.3. The summed E-state index contributed by atoms with van der Waals surface area (Å²) in [6.45, 7) is 1.74. The average Bonchev–Trinajstić information content (AvgIpc) is 2.16. The third kappa shape index (κ3) is 4.02. The molecule has 0 aliphatic heterocycles. The number of nitrogens with one attached hydrogen (secondary N) is 1. The predicted molar refractivity (Wildman–Crippen MR) is 63.6 cm³/mol. The summed E-state index contributed by atoms with van der Waals surface area (Å²) < 4.78 is 15.8. The van der Waals surface area contributed by atoms with Gasteiger partial charge in [0.15, 0.2) is 7.60 Å². The molecule has 0 aliphatic carbocycles. The van der Waals surface area contributed by atoms with Crippen LogP contribution in [-0.4, -0.2) is 12.9 Å². The fourth-order valence-electron chi connectivity index (χ4n) is 1.12. The molecule has 1 atom stereocenters. The molecule has 1 unspecified atom stereocenters. The van der Waals surface area contributed by atoms with Gasteiger partial charge in [0.2, 0.25) is 0 Å². The third-order valence-electron chi connectivity index (χ3n) is 1.80. The Morgan fingerprint density at radius 3 is 2.88 bits per heavy atom. The standard InChI is InChI=1S/C9H14ClN2O3P/c1-2-15-16(13,14)6-12-9-4-3-7(10)5-8(9)11/h3-5,12H,2,6,11H2,1H3,(H,13,14)/p-1. The highest BCUT2D eigenvalue weighted by molar-refractivity contribution is 7.51. The maximum absolute atomic E-state index is 11.3. The highest BCUT2D eigenvalue weighted by Crippen LogP contribution is 2.36. The largest absolute Gasteiger partial charge is 0.777 e. The van der Waals surface area contributed by atoms with E-state index in [0.29, 0.717) is 16.4 Å². The van der Waals surface area contributed by atoms with Crippen molar-refractivity contribution >= 4 is 30.6 Å². The van der Waals surface area contributed by atoms with Crippen LogP contribution in [0.3, 0.4) is 0 Å². The van der Waals surface area contributed by atoms with Gasteiger partial charge in [-0.05, 0) is 25.1 Å². The van der Waals surface area contributed by atoms with E-state index in [1.807, 2.05) is 0 Å². The first-order valence-corrected chi connectivity index (χ1v) is 6.78. The molecule has 1 aromatic carbocycles. The SMILES string of the molecule is CCOP(=O)([O-])CNc1ccc(Cl)cc1N. The molecule has 0 radical (unpaired) electrons. The Morgan fingerprint density at radius 2 is 2.31 bits per heavy atom. The number of halogens is 1. The van der Waals surface area contributed by atoms with E-state index in [2.05, 4.69) is 9.84 Å². The van der Waals surface area contributed by atoms with Crippen molar-refractivity contribution in [3.8, 4) is 0 Å². The van der Waals surface area contributed by atoms with Crippen molar-refractivity contribution in [1.82, 2.24) is 0 Å². The molecule has 0 aromatic heterocycles. The van der Waals surface area contributed by atoms with Crippen LogP contribution in [0.5, 0.6) is 0 Å². The van der Waals surface area contributed by atoms with Gasteiger partial charge in [0.05, 0.1) is 24.3 Å². The first-order valence-electron chi connectivity index (χ1n) is 4.68. The molecule has 0 amide bonds. The van der Waals surface area contributed by atoms with Gasteiger partial charge in [-0.2, -0.15) is 0 Å². The van der Waals surface area contributed by atoms with Gasteiger partial charge in [0, 0.05) is 5.02 Å². The van der Waals surface area contributed by atoms with E-state index in [4.69, 9.17) is 17.3 Å². The minimum absolute atomic E-state index is 0.124. The monoisotopic (exact) mass is 263 g/mol. The van der Waals surface area contributed by atoms with Crippen molar-refractivity contribution in [2.24, 2.45) is 0 Å². The average molecular weight is 264 g/mol. The van der Waals surface area contributed by atoms with Crippen LogP contribution in [0, 0.1) is 0 Å². The summed E-state index contributed by atoms with van der Waals surface area (Å²) in [6.07, 6.45) is -0.299. The lowest BCUT2D eigenvalue weighted by Crippen LogP contribution is -2.14. The minimum atomic E-state index is -3.84. The molecule has 1 aromatic rings. The molecule has 1 rings (SSSR count). The van der Waals surface area contributed by atoms with E-state index in [9.17, 15) is 9.46 Å². The van der Waals surface area contributed by atoms with Crippen LogP contribution >= 0.6 is 19.2 Å². The number of benzene rings is 1. The van der Waals surface area contributed by atoms with Crippen molar-refractivity contribution in [3.05, 3.63) is 23.2 Å². The normalized spacial score (nSPS) is 14.4. The van der Waals surface area contributed by atoms with Crippen LogP contribution in [0.25, 0.3) is 0 Å². The fraction of sp³-hybridized carbons (Fsp3) is 0.333. The minimum Gasteiger partial charge on any atom is -0.777 e. The summed E-state index contributed by atoms with van der Waals surface area (Å²) in [4.78, 5) is 11.3. The summed E-state index contributed by atoms with van der Waals surface area (Å²) in [6, 6.07) is 4.78. The molecule has 0 aliphatic rings. The zero-order valence-corrected chi connectivity index (χ0v) is 10.4. The second-order valence-corrected chi connectivity index (χ2v) is 5.33. The fourth-order valence-corrected chi connectivity index (χ4v) is 2.15. The lowest BCUT2D eigenvalue weighted by molar-refractivity contribution is -0.197. The molecule has 90 valence electrons. The van der Waals surface area contributed by atoms with Gasteiger partial charge in [0.25, 0.3) is 0 Å². The highest BCUT2D eigenvalue weighted by Gasteiger charge is 2.08. The number of nitrogens with two attached hydrogens (primary N) is 1. The van der Waals surface area contributed by atoms with Crippen LogP contribution in [0.1, 0.15) is 6.92 Å². The van der Waals surface area contributed by atoms with Gasteiger partial charge >= 0.3 is 0 Å². The Labute approximate surface area is 99.1 Å². The molecule has 0 bridgehead atoms. The Morgan fingerprint density at radius 1 is 1.62 bits per heavy atom. The molecule has 16 heavy (non-hydrogen) atoms. The zero-order chi connectivity index (χ0) is 12.2. The number of hydrogen-bond donors (Lipinski definition) is 2. The number of rotatable bonds is 5. The molecule has 5 nitrogen and oxygen atoms in total. The van der Waals surface area contributed by atoms with Crippen LogP contribution in [-0.2, 0) is 9.09 Å². The first-order chi connectivity index (χ1) is 7.44. The predicted octanol–water partition coefficient (Wildman–Crippen LogP) is 1.88. The molecular weight excluding hydrogens is 251 g/mol. The van der Waals surface area contributed by atoms with Crippen molar-refractivity contribution in [2.75, 3.05) is 23.9 Å². The second kappa shape index (κ2) is 5.55. The van der Waals surface area contributed by atoms with Gasteiger partial charge in [0.1, 0.15) is 0 Å². The van der Waals surface area contributed by atoms with Gasteiger partial charge in [-0.15, -0.1) is 0 Å². The van der Waals surface area contributed by atoms with Crippen LogP contribution < -0.4 is 15.9 Å². The van der Waals surface area contributed by atoms with Crippen molar-refractivity contribution in [3.63, 3.8) is 0 Å². The molecule has 0 heterocycles. The highest BCUT2D eigenvalue weighted by atomic mass is 35.5. The summed E-state index contributed by atoms with van der Waals surface area (Å²) in [7, 11) is -3.84. The van der Waals surface area contributed by atoms with E-state index < -0.39 is 7.60 Å². The lowest BCUT2D eigenvalue weighted by Gasteiger charge is -2.23. The summed E-state index contributed by atoms with van der Waals surface area (Å²) in [5.74, 6) is 0. The molecular formula is C9H13ClN2O3P-. The molecule has 0 saturated carbocycles. The van der Waals surface area contributed by atoms with Crippen molar-refractivity contribution in [2.45, 2.75) is 6.92 Å². The van der Waals surface area contributed by atoms with Crippen LogP contribution in [0.4, 0.5) is 11.4 Å². The molecule has 0 fully saturated rings. The summed E-state index contributed by atoms with van der Waals surface area (Å²) >= 11 is 5.71. The van der Waals surface area contributed by atoms with Gasteiger partial charge < -0.3 is 25.0 Å². The van der Waals surface area contributed by atoms with E-state index in [-0.39, 0.29) is 12.9 Å². The van der Waals surface area contributed by atoms with Crippen LogP contribution in [0.2, 0.25) is 5.02 Å². The van der Waals surface area contributed by atoms with Crippen LogP contribution in [0.15, 0.2) is 18.2 Å². The molecule has 0 saturated heterocycles. The van der Waals surface area contributed by atoms with E-state index in [1.165, 1.54) is 0 Å². The van der Waals surface area contributed by atoms with E-state index in [0.717, 1.165) is 0 Å². The van der Waals surface area contributed by atoms with Crippen molar-refractivity contribution < 1.29 is 14.0 Å². The zero-order valence-electron chi connectivity index (χ0n) is 8.77. The Balaban J connectivity index is 2.64. The summed E-state index contributed by atoms with van der Waals surface area (Å²) in [5.41, 5.74) is 6.55. The van der Waals surface area contributed by atoms with Crippen molar-refractivity contribution in [1.29, 1.82) is 0 Å². The molecule has 3 N–H and O–H groups in total. The Hall–Kier alpha value is -0.740. The van der Waals surface area contributed by atoms with Gasteiger partial charge in [-0.3, -0.25) is 0 Å². The second-order valence-electron chi connectivity index (χ2n) is 3.10. The number of nitrogen functional groups attached to an aromatic ring is 1. The lowest BCUT2D eigenvalue weighted by atomic mass is 10.3. The van der Waals surface area contributed by atoms with Gasteiger partial charge in [-0.25, -0.2) is 0 Å². The molecule has 0 spiro atoms. The number of anilines is 2. The number of hydrogen-bond acceptors (Lipinski definition) is 5. The smallest absolute Gasteiger partial charge is 0.153 e. The Kier molecular flexibility index (Phi) is 4.62. The van der Waals surface area contributed by atoms with Gasteiger partial charge in [-0.1, -0.05) is 11.6 Å². The maximum Gasteiger partial charge on any atom is 0.153 e. The first kappa shape index (κ1) is 13.3. The Bertz CT molecular complexity index is 414. The topological polar surface area (TPSA) is 87.4 Å². The third-order valence-corrected chi connectivity index (χ3v) is 3.23. The van der Waals surface area contributed by atoms with E-state index >= 15 is 0 Å². The summed E-state index contributed by atoms with van der Waals surface area (Å²) in [5, 5.41) is 3.18.